The van der Waals surface area contributed by atoms with E-state index in [-0.39, 0.29) is 11.3 Å². The number of thioether (sulfide) groups is 1. The second-order valence-corrected chi connectivity index (χ2v) is 4.80. The minimum atomic E-state index is -0.116. The highest BCUT2D eigenvalue weighted by Gasteiger charge is 2.24. The minimum absolute atomic E-state index is 0.116. The van der Waals surface area contributed by atoms with Gasteiger partial charge in [-0.25, -0.2) is 0 Å². The minimum Gasteiger partial charge on any atom is -0.399 e. The summed E-state index contributed by atoms with van der Waals surface area (Å²) in [6.07, 6.45) is 0.948. The summed E-state index contributed by atoms with van der Waals surface area (Å²) < 4.78 is 0. The number of anilines is 2. The summed E-state index contributed by atoms with van der Waals surface area (Å²) in [7, 11) is 0. The molecular formula is C10H12N2OS. The lowest BCUT2D eigenvalue weighted by Gasteiger charge is -2.28. The Bertz CT molecular complexity index is 367. The van der Waals surface area contributed by atoms with E-state index in [0.29, 0.717) is 0 Å². The van der Waals surface area contributed by atoms with E-state index in [0.717, 1.165) is 22.6 Å². The van der Waals surface area contributed by atoms with Gasteiger partial charge in [0, 0.05) is 15.8 Å². The number of nitrogen functional groups attached to an aromatic ring is 1. The van der Waals surface area contributed by atoms with Gasteiger partial charge in [-0.05, 0) is 18.2 Å². The van der Waals surface area contributed by atoms with Crippen LogP contribution in [0.5, 0.6) is 0 Å². The van der Waals surface area contributed by atoms with E-state index in [4.69, 9.17) is 5.73 Å². The molecule has 2 unspecified atom stereocenters. The van der Waals surface area contributed by atoms with Crippen LogP contribution in [0.4, 0.5) is 11.4 Å². The first-order valence-electron chi connectivity index (χ1n) is 4.48. The molecule has 0 saturated carbocycles. The second-order valence-electron chi connectivity index (χ2n) is 3.38. The first kappa shape index (κ1) is 9.40. The normalized spacial score (nSPS) is 24.9. The van der Waals surface area contributed by atoms with Crippen LogP contribution in [-0.4, -0.2) is 17.6 Å². The topological polar surface area (TPSA) is 55.1 Å². The highest BCUT2D eigenvalue weighted by molar-refractivity contribution is 8.00. The molecule has 3 nitrogen and oxygen atoms in total. The predicted molar refractivity (Wildman–Crippen MR) is 59.6 cm³/mol. The lowest BCUT2D eigenvalue weighted by molar-refractivity contribution is -0.108. The van der Waals surface area contributed by atoms with E-state index in [1.807, 2.05) is 25.1 Å². The second kappa shape index (κ2) is 3.53. The van der Waals surface area contributed by atoms with Crippen molar-refractivity contribution < 1.29 is 4.79 Å². The summed E-state index contributed by atoms with van der Waals surface area (Å²) >= 11 is 1.70. The summed E-state index contributed by atoms with van der Waals surface area (Å²) in [5, 5.41) is 3.44. The highest BCUT2D eigenvalue weighted by Crippen LogP contribution is 2.37. The van der Waals surface area contributed by atoms with E-state index < -0.39 is 0 Å². The molecule has 0 amide bonds. The van der Waals surface area contributed by atoms with Crippen molar-refractivity contribution in [2.75, 3.05) is 11.1 Å². The Morgan fingerprint density at radius 1 is 1.57 bits per heavy atom. The largest absolute Gasteiger partial charge is 0.399 e. The monoisotopic (exact) mass is 208 g/mol. The van der Waals surface area contributed by atoms with E-state index in [1.54, 1.807) is 11.8 Å². The van der Waals surface area contributed by atoms with Crippen LogP contribution < -0.4 is 11.1 Å². The van der Waals surface area contributed by atoms with Crippen LogP contribution in [0, 0.1) is 0 Å². The lowest BCUT2D eigenvalue weighted by Crippen LogP contribution is -2.33. The van der Waals surface area contributed by atoms with Crippen molar-refractivity contribution in [3.63, 3.8) is 0 Å². The van der Waals surface area contributed by atoms with Crippen LogP contribution in [0.25, 0.3) is 0 Å². The fourth-order valence-corrected chi connectivity index (χ4v) is 2.55. The van der Waals surface area contributed by atoms with Gasteiger partial charge in [-0.3, -0.25) is 0 Å². The molecular weight excluding hydrogens is 196 g/mol. The molecule has 1 heterocycles. The molecule has 1 aromatic rings. The lowest BCUT2D eigenvalue weighted by atomic mass is 10.2. The van der Waals surface area contributed by atoms with Crippen molar-refractivity contribution in [1.29, 1.82) is 0 Å². The molecule has 0 radical (unpaired) electrons. The molecule has 0 aromatic heterocycles. The maximum atomic E-state index is 10.8. The average Bonchev–Trinajstić information content (AvgIpc) is 2.17. The molecule has 3 N–H and O–H groups in total. The molecule has 0 fully saturated rings. The van der Waals surface area contributed by atoms with Crippen molar-refractivity contribution in [2.24, 2.45) is 0 Å². The number of carbonyl (C=O) groups is 1. The van der Waals surface area contributed by atoms with Gasteiger partial charge >= 0.3 is 0 Å². The quantitative estimate of drug-likeness (QED) is 0.545. The zero-order chi connectivity index (χ0) is 10.1. The van der Waals surface area contributed by atoms with Crippen LogP contribution in [-0.2, 0) is 4.79 Å². The van der Waals surface area contributed by atoms with E-state index in [9.17, 15) is 4.79 Å². The standard InChI is InChI=1S/C10H12N2OS/c1-6-9(5-13)12-8-4-7(11)2-3-10(8)14-6/h2-6,9,12H,11H2,1H3. The van der Waals surface area contributed by atoms with Crippen LogP contribution in [0.15, 0.2) is 23.1 Å². The molecule has 2 atom stereocenters. The van der Waals surface area contributed by atoms with E-state index in [1.165, 1.54) is 0 Å². The average molecular weight is 208 g/mol. The SMILES string of the molecule is CC1Sc2ccc(N)cc2NC1C=O. The van der Waals surface area contributed by atoms with E-state index in [2.05, 4.69) is 5.32 Å². The Kier molecular flexibility index (Phi) is 2.37. The third-order valence-electron chi connectivity index (χ3n) is 2.29. The van der Waals surface area contributed by atoms with Crippen LogP contribution in [0.1, 0.15) is 6.92 Å². The number of aldehydes is 1. The third kappa shape index (κ3) is 1.57. The molecule has 0 aliphatic carbocycles. The van der Waals surface area contributed by atoms with Crippen LogP contribution >= 0.6 is 11.8 Å². The number of hydrogen-bond donors (Lipinski definition) is 2. The third-order valence-corrected chi connectivity index (χ3v) is 3.57. The number of carbonyl (C=O) groups excluding carboxylic acids is 1. The molecule has 1 aliphatic heterocycles. The summed E-state index contributed by atoms with van der Waals surface area (Å²) in [6.45, 7) is 2.04. The Morgan fingerprint density at radius 2 is 2.36 bits per heavy atom. The first-order chi connectivity index (χ1) is 6.70. The van der Waals surface area contributed by atoms with Gasteiger partial charge in [-0.2, -0.15) is 0 Å². The van der Waals surface area contributed by atoms with Gasteiger partial charge < -0.3 is 15.8 Å². The highest BCUT2D eigenvalue weighted by atomic mass is 32.2. The Morgan fingerprint density at radius 3 is 3.07 bits per heavy atom. The molecule has 1 aromatic carbocycles. The molecule has 74 valence electrons. The Labute approximate surface area is 87.1 Å². The summed E-state index contributed by atoms with van der Waals surface area (Å²) in [4.78, 5) is 11.9. The number of fused-ring (bicyclic) bond motifs is 1. The molecule has 0 bridgehead atoms. The molecule has 14 heavy (non-hydrogen) atoms. The van der Waals surface area contributed by atoms with E-state index >= 15 is 0 Å². The van der Waals surface area contributed by atoms with Gasteiger partial charge in [0.1, 0.15) is 6.29 Å². The molecule has 0 saturated heterocycles. The molecule has 0 spiro atoms. The van der Waals surface area contributed by atoms with Gasteiger partial charge in [0.25, 0.3) is 0 Å². The fraction of sp³-hybridized carbons (Fsp3) is 0.300. The predicted octanol–water partition coefficient (Wildman–Crippen LogP) is 1.74. The fourth-order valence-electron chi connectivity index (χ4n) is 1.48. The van der Waals surface area contributed by atoms with Gasteiger partial charge in [0.2, 0.25) is 0 Å². The van der Waals surface area contributed by atoms with Crippen LogP contribution in [0.2, 0.25) is 0 Å². The van der Waals surface area contributed by atoms with Crippen molar-refractivity contribution in [1.82, 2.24) is 0 Å². The first-order valence-corrected chi connectivity index (χ1v) is 5.36. The van der Waals surface area contributed by atoms with Crippen LogP contribution in [0.3, 0.4) is 0 Å². The zero-order valence-electron chi connectivity index (χ0n) is 7.86. The maximum absolute atomic E-state index is 10.8. The van der Waals surface area contributed by atoms with Crippen molar-refractivity contribution in [3.8, 4) is 0 Å². The van der Waals surface area contributed by atoms with Gasteiger partial charge in [0.05, 0.1) is 11.7 Å². The number of nitrogens with two attached hydrogens (primary N) is 1. The smallest absolute Gasteiger partial charge is 0.143 e. The van der Waals surface area contributed by atoms with Crippen molar-refractivity contribution in [3.05, 3.63) is 18.2 Å². The summed E-state index contributed by atoms with van der Waals surface area (Å²) in [6, 6.07) is 5.61. The van der Waals surface area contributed by atoms with Gasteiger partial charge in [-0.15, -0.1) is 11.8 Å². The Balaban J connectivity index is 2.35. The zero-order valence-corrected chi connectivity index (χ0v) is 8.67. The molecule has 2 rings (SSSR count). The number of rotatable bonds is 1. The Hall–Kier alpha value is -1.16. The van der Waals surface area contributed by atoms with Gasteiger partial charge in [0.15, 0.2) is 0 Å². The van der Waals surface area contributed by atoms with Crippen molar-refractivity contribution in [2.45, 2.75) is 23.1 Å². The molecule has 1 aliphatic rings. The molecule has 4 heteroatoms. The maximum Gasteiger partial charge on any atom is 0.143 e. The summed E-state index contributed by atoms with van der Waals surface area (Å²) in [5.74, 6) is 0. The summed E-state index contributed by atoms with van der Waals surface area (Å²) in [5.41, 5.74) is 7.35. The van der Waals surface area contributed by atoms with Gasteiger partial charge in [-0.1, -0.05) is 6.92 Å². The number of hydrogen-bond acceptors (Lipinski definition) is 4. The number of nitrogens with one attached hydrogen (secondary N) is 1. The van der Waals surface area contributed by atoms with Crippen molar-refractivity contribution >= 4 is 29.4 Å². The number of benzene rings is 1.